The first kappa shape index (κ1) is 40.1. The van der Waals surface area contributed by atoms with Crippen LogP contribution in [0.1, 0.15) is 22.3 Å². The molecule has 0 aliphatic carbocycles. The van der Waals surface area contributed by atoms with Crippen LogP contribution in [0, 0.1) is 6.92 Å². The van der Waals surface area contributed by atoms with Gasteiger partial charge in [0.2, 0.25) is 0 Å². The summed E-state index contributed by atoms with van der Waals surface area (Å²) < 4.78 is 0. The van der Waals surface area contributed by atoms with E-state index in [0.717, 1.165) is 29.2 Å². The minimum Gasteiger partial charge on any atom is -0.376 e. The summed E-state index contributed by atoms with van der Waals surface area (Å²) in [4.78, 5) is 5.03. The van der Waals surface area contributed by atoms with Crippen LogP contribution in [-0.4, -0.2) is 6.85 Å². The molecule has 2 aliphatic rings. The molecule has 0 spiro atoms. The van der Waals surface area contributed by atoms with E-state index in [1.54, 1.807) is 0 Å². The third kappa shape index (κ3) is 7.55. The van der Waals surface area contributed by atoms with Gasteiger partial charge in [-0.1, -0.05) is 200 Å². The van der Waals surface area contributed by atoms with E-state index in [9.17, 15) is 0 Å². The lowest BCUT2D eigenvalue weighted by Gasteiger charge is -2.41. The molecule has 3 heteroatoms. The molecule has 2 nitrogen and oxygen atoms in total. The molecule has 0 aromatic heterocycles. The Morgan fingerprint density at radius 1 is 0.403 bits per heavy atom. The average Bonchev–Trinajstić information content (AvgIpc) is 3.52. The standard InChI is InChI=1S/C64H47BN2/c1-45-37-54-41-53(40-46-19-17-26-50(39-46)47-20-7-2-8-21-47)60-43-52(49-24-11-4-12-25-49)33-36-62(60)65-64(54)61(38-45)59-35-34-57(66(55-28-13-5-14-29-55)56-30-15-6-16-31-56)44-63(59)67(65)58-32-18-27-51(42-58)48-22-9-3-10-23-48/h2-39,41-44H,40H2,1H3. The molecule has 0 fully saturated rings. The second-order valence-corrected chi connectivity index (χ2v) is 17.8. The summed E-state index contributed by atoms with van der Waals surface area (Å²) in [6, 6.07) is 91.3. The quantitative estimate of drug-likeness (QED) is 0.133. The van der Waals surface area contributed by atoms with Gasteiger partial charge in [-0.15, -0.1) is 0 Å². The molecule has 67 heavy (non-hydrogen) atoms. The minimum absolute atomic E-state index is 0.148. The number of allylic oxidation sites excluding steroid dienone is 1. The predicted molar refractivity (Wildman–Crippen MR) is 286 cm³/mol. The molecule has 10 aromatic carbocycles. The summed E-state index contributed by atoms with van der Waals surface area (Å²) in [7, 11) is 0. The van der Waals surface area contributed by atoms with Gasteiger partial charge in [0.05, 0.1) is 0 Å². The molecular formula is C64H47BN2. The largest absolute Gasteiger partial charge is 0.376 e. The van der Waals surface area contributed by atoms with Crippen molar-refractivity contribution in [3.8, 4) is 44.5 Å². The summed E-state index contributed by atoms with van der Waals surface area (Å²) in [6.07, 6.45) is 3.30. The van der Waals surface area contributed by atoms with Crippen LogP contribution in [0.15, 0.2) is 249 Å². The van der Waals surface area contributed by atoms with E-state index in [-0.39, 0.29) is 6.85 Å². The maximum Gasteiger partial charge on any atom is 0.330 e. The van der Waals surface area contributed by atoms with Crippen molar-refractivity contribution in [3.05, 3.63) is 271 Å². The molecule has 2 aliphatic heterocycles. The Bertz CT molecular complexity index is 3400. The van der Waals surface area contributed by atoms with Gasteiger partial charge in [-0.2, -0.15) is 0 Å². The lowest BCUT2D eigenvalue weighted by Crippen LogP contribution is -2.58. The van der Waals surface area contributed by atoms with E-state index in [1.165, 1.54) is 88.9 Å². The van der Waals surface area contributed by atoms with E-state index < -0.39 is 0 Å². The highest BCUT2D eigenvalue weighted by atomic mass is 15.2. The average molecular weight is 855 g/mol. The molecule has 0 bridgehead atoms. The fourth-order valence-corrected chi connectivity index (χ4v) is 10.5. The number of hydrogen-bond acceptors (Lipinski definition) is 2. The van der Waals surface area contributed by atoms with Crippen molar-refractivity contribution in [3.63, 3.8) is 0 Å². The van der Waals surface area contributed by atoms with Gasteiger partial charge in [-0.25, -0.2) is 0 Å². The lowest BCUT2D eigenvalue weighted by molar-refractivity contribution is 1.27. The minimum atomic E-state index is -0.148. The highest BCUT2D eigenvalue weighted by Crippen LogP contribution is 2.47. The zero-order chi connectivity index (χ0) is 44.7. The zero-order valence-electron chi connectivity index (χ0n) is 37.4. The van der Waals surface area contributed by atoms with Gasteiger partial charge in [-0.05, 0) is 146 Å². The lowest BCUT2D eigenvalue weighted by atomic mass is 9.44. The molecule has 12 rings (SSSR count). The first-order chi connectivity index (χ1) is 33.1. The predicted octanol–water partition coefficient (Wildman–Crippen LogP) is 15.5. The smallest absolute Gasteiger partial charge is 0.330 e. The molecule has 2 heterocycles. The fraction of sp³-hybridized carbons (Fsp3) is 0.0312. The van der Waals surface area contributed by atoms with Crippen molar-refractivity contribution in [2.24, 2.45) is 0 Å². The molecule has 0 N–H and O–H groups in total. The van der Waals surface area contributed by atoms with Crippen LogP contribution in [0.25, 0.3) is 56.2 Å². The van der Waals surface area contributed by atoms with Crippen LogP contribution >= 0.6 is 0 Å². The SMILES string of the molecule is Cc1cc2c3c(c1)-c1ccc(N(c4ccccc4)c4ccccc4)cc1N(c1cccc(-c4ccccc4)c1)B3c1ccc(-c3ccccc3)cc1C(Cc1cccc(-c3ccccc3)c1)=C2. The topological polar surface area (TPSA) is 6.48 Å². The zero-order valence-corrected chi connectivity index (χ0v) is 37.4. The first-order valence-electron chi connectivity index (χ1n) is 23.3. The number of aryl methyl sites for hydroxylation is 1. The van der Waals surface area contributed by atoms with Gasteiger partial charge in [0.1, 0.15) is 0 Å². The van der Waals surface area contributed by atoms with Crippen LogP contribution in [0.3, 0.4) is 0 Å². The van der Waals surface area contributed by atoms with Crippen molar-refractivity contribution in [1.82, 2.24) is 0 Å². The molecule has 0 amide bonds. The van der Waals surface area contributed by atoms with E-state index in [2.05, 4.69) is 271 Å². The highest BCUT2D eigenvalue weighted by Gasteiger charge is 2.42. The molecule has 316 valence electrons. The summed E-state index contributed by atoms with van der Waals surface area (Å²) in [5.74, 6) is 0. The summed E-state index contributed by atoms with van der Waals surface area (Å²) in [6.45, 7) is 2.11. The van der Waals surface area contributed by atoms with Crippen molar-refractivity contribution in [2.75, 3.05) is 9.71 Å². The van der Waals surface area contributed by atoms with Gasteiger partial charge < -0.3 is 9.71 Å². The number of anilines is 5. The number of hydrogen-bond donors (Lipinski definition) is 0. The van der Waals surface area contributed by atoms with Crippen LogP contribution < -0.4 is 20.6 Å². The van der Waals surface area contributed by atoms with Gasteiger partial charge in [0, 0.05) is 34.0 Å². The maximum absolute atomic E-state index is 2.65. The maximum atomic E-state index is 2.65. The number of rotatable bonds is 9. The molecule has 0 radical (unpaired) electrons. The van der Waals surface area contributed by atoms with Crippen LogP contribution in [0.4, 0.5) is 28.4 Å². The van der Waals surface area contributed by atoms with Gasteiger partial charge >= 0.3 is 6.85 Å². The van der Waals surface area contributed by atoms with E-state index in [0.29, 0.717) is 0 Å². The molecule has 0 atom stereocenters. The Labute approximate surface area is 394 Å². The van der Waals surface area contributed by atoms with Gasteiger partial charge in [0.15, 0.2) is 0 Å². The molecular weight excluding hydrogens is 808 g/mol. The van der Waals surface area contributed by atoms with Gasteiger partial charge in [0.25, 0.3) is 0 Å². The fourth-order valence-electron chi connectivity index (χ4n) is 10.5. The van der Waals surface area contributed by atoms with Crippen LogP contribution in [0.2, 0.25) is 0 Å². The van der Waals surface area contributed by atoms with Crippen molar-refractivity contribution < 1.29 is 0 Å². The third-order valence-corrected chi connectivity index (χ3v) is 13.5. The van der Waals surface area contributed by atoms with Crippen molar-refractivity contribution in [1.29, 1.82) is 0 Å². The van der Waals surface area contributed by atoms with E-state index >= 15 is 0 Å². The Balaban J connectivity index is 1.12. The second kappa shape index (κ2) is 17.2. The van der Waals surface area contributed by atoms with Crippen LogP contribution in [0.5, 0.6) is 0 Å². The monoisotopic (exact) mass is 854 g/mol. The molecule has 0 unspecified atom stereocenters. The van der Waals surface area contributed by atoms with E-state index in [4.69, 9.17) is 0 Å². The van der Waals surface area contributed by atoms with Crippen molar-refractivity contribution in [2.45, 2.75) is 13.3 Å². The first-order valence-corrected chi connectivity index (χ1v) is 23.3. The van der Waals surface area contributed by atoms with Crippen LogP contribution in [-0.2, 0) is 6.42 Å². The summed E-state index contributed by atoms with van der Waals surface area (Å²) in [5, 5.41) is 0. The highest BCUT2D eigenvalue weighted by molar-refractivity contribution is 6.92. The Kier molecular flexibility index (Phi) is 10.3. The number of nitrogens with zero attached hydrogens (tertiary/aromatic N) is 2. The Hall–Kier alpha value is -8.40. The third-order valence-electron chi connectivity index (χ3n) is 13.5. The Morgan fingerprint density at radius 2 is 0.955 bits per heavy atom. The number of para-hydroxylation sites is 2. The normalized spacial score (nSPS) is 12.3. The molecule has 0 saturated heterocycles. The second-order valence-electron chi connectivity index (χ2n) is 17.8. The molecule has 0 saturated carbocycles. The van der Waals surface area contributed by atoms with E-state index in [1.807, 2.05) is 0 Å². The molecule has 10 aromatic rings. The summed E-state index contributed by atoms with van der Waals surface area (Å²) in [5.41, 5.74) is 24.4. The van der Waals surface area contributed by atoms with Crippen molar-refractivity contribution >= 4 is 57.9 Å². The summed E-state index contributed by atoms with van der Waals surface area (Å²) >= 11 is 0. The Morgan fingerprint density at radius 3 is 1.58 bits per heavy atom. The van der Waals surface area contributed by atoms with Gasteiger partial charge in [-0.3, -0.25) is 0 Å². The number of benzene rings is 10. The number of fused-ring (bicyclic) bond motifs is 4.